The lowest BCUT2D eigenvalue weighted by Crippen LogP contribution is -2.54. The first-order valence-electron chi connectivity index (χ1n) is 15.6. The van der Waals surface area contributed by atoms with Crippen LogP contribution in [0, 0.1) is 58.2 Å². The van der Waals surface area contributed by atoms with E-state index < -0.39 is 8.32 Å². The Morgan fingerprint density at radius 2 is 1.50 bits per heavy atom. The van der Waals surface area contributed by atoms with Crippen molar-refractivity contribution in [3.63, 3.8) is 0 Å². The van der Waals surface area contributed by atoms with Crippen molar-refractivity contribution in [2.75, 3.05) is 0 Å². The largest absolute Gasteiger partial charge is 0.415 e. The number of hydrogen-bond donors (Lipinski definition) is 0. The second-order valence-corrected chi connectivity index (χ2v) is 19.9. The van der Waals surface area contributed by atoms with Gasteiger partial charge in [0.2, 0.25) is 0 Å². The summed E-state index contributed by atoms with van der Waals surface area (Å²) in [5.74, 6) is 7.63. The van der Waals surface area contributed by atoms with Crippen molar-refractivity contribution in [1.82, 2.24) is 0 Å². The summed E-state index contributed by atoms with van der Waals surface area (Å²) in [6.45, 7) is 22.5. The van der Waals surface area contributed by atoms with Crippen molar-refractivity contribution in [1.29, 1.82) is 0 Å². The van der Waals surface area contributed by atoms with Crippen molar-refractivity contribution < 1.29 is 4.43 Å². The topological polar surface area (TPSA) is 9.23 Å². The molecule has 4 saturated carbocycles. The summed E-state index contributed by atoms with van der Waals surface area (Å²) in [5.41, 5.74) is 1.22. The van der Waals surface area contributed by atoms with E-state index in [1.54, 1.807) is 0 Å². The highest BCUT2D eigenvalue weighted by atomic mass is 28.4. The molecule has 10 unspecified atom stereocenters. The van der Waals surface area contributed by atoms with Gasteiger partial charge in [0, 0.05) is 6.10 Å². The smallest absolute Gasteiger partial charge is 0.184 e. The zero-order valence-corrected chi connectivity index (χ0v) is 25.6. The van der Waals surface area contributed by atoms with Gasteiger partial charge in [-0.1, -0.05) is 54.4 Å². The van der Waals surface area contributed by atoms with E-state index in [2.05, 4.69) is 61.2 Å². The lowest BCUT2D eigenvalue weighted by molar-refractivity contribution is -0.127. The van der Waals surface area contributed by atoms with Crippen LogP contribution in [0.25, 0.3) is 0 Å². The molecule has 0 heterocycles. The normalized spacial score (nSPS) is 44.3. The summed E-state index contributed by atoms with van der Waals surface area (Å²) in [7, 11) is -1.43. The third-order valence-electron chi connectivity index (χ3n) is 12.4. The first-order valence-corrected chi connectivity index (χ1v) is 19.0. The zero-order valence-electron chi connectivity index (χ0n) is 24.6. The second-order valence-electron chi connectivity index (χ2n) is 15.5. The Morgan fingerprint density at radius 3 is 2.15 bits per heavy atom. The Labute approximate surface area is 215 Å². The quantitative estimate of drug-likeness (QED) is 0.309. The van der Waals surface area contributed by atoms with E-state index in [0.29, 0.717) is 16.9 Å². The molecular formula is C32H60OSi. The molecule has 0 radical (unpaired) electrons. The van der Waals surface area contributed by atoms with Gasteiger partial charge in [-0.15, -0.1) is 0 Å². The van der Waals surface area contributed by atoms with Crippen LogP contribution in [0.5, 0.6) is 0 Å². The van der Waals surface area contributed by atoms with Gasteiger partial charge in [0.15, 0.2) is 8.32 Å². The molecule has 0 amide bonds. The molecular weight excluding hydrogens is 428 g/mol. The second kappa shape index (κ2) is 10.1. The van der Waals surface area contributed by atoms with Gasteiger partial charge in [0.05, 0.1) is 0 Å². The Hall–Kier alpha value is 0.177. The maximum atomic E-state index is 6.64. The maximum Gasteiger partial charge on any atom is 0.184 e. The van der Waals surface area contributed by atoms with Crippen LogP contribution in [0.15, 0.2) is 0 Å². The van der Waals surface area contributed by atoms with Crippen LogP contribution >= 0.6 is 0 Å². The van der Waals surface area contributed by atoms with E-state index in [9.17, 15) is 0 Å². The van der Waals surface area contributed by atoms with Crippen molar-refractivity contribution in [3.05, 3.63) is 0 Å². The van der Waals surface area contributed by atoms with E-state index in [-0.39, 0.29) is 0 Å². The summed E-state index contributed by atoms with van der Waals surface area (Å²) in [4.78, 5) is 0. The van der Waals surface area contributed by atoms with E-state index >= 15 is 0 Å². The Morgan fingerprint density at radius 1 is 0.824 bits per heavy atom. The lowest BCUT2D eigenvalue weighted by Gasteiger charge is -2.61. The van der Waals surface area contributed by atoms with Crippen LogP contribution < -0.4 is 0 Å². The fourth-order valence-corrected chi connectivity index (χ4v) is 11.7. The molecule has 0 bridgehead atoms. The molecule has 0 aromatic carbocycles. The highest BCUT2D eigenvalue weighted by Gasteiger charge is 2.60. The molecule has 34 heavy (non-hydrogen) atoms. The van der Waals surface area contributed by atoms with Crippen LogP contribution in [0.2, 0.25) is 19.6 Å². The van der Waals surface area contributed by atoms with Crippen LogP contribution in [0.1, 0.15) is 119 Å². The maximum absolute atomic E-state index is 6.64. The average molecular weight is 489 g/mol. The average Bonchev–Trinajstić information content (AvgIpc) is 3.10. The van der Waals surface area contributed by atoms with E-state index in [4.69, 9.17) is 4.43 Å². The molecule has 10 atom stereocenters. The van der Waals surface area contributed by atoms with Crippen LogP contribution in [-0.4, -0.2) is 14.4 Å². The summed E-state index contributed by atoms with van der Waals surface area (Å²) < 4.78 is 6.64. The highest BCUT2D eigenvalue weighted by molar-refractivity contribution is 6.69. The number of rotatable bonds is 8. The van der Waals surface area contributed by atoms with Crippen molar-refractivity contribution in [3.8, 4) is 0 Å². The van der Waals surface area contributed by atoms with Gasteiger partial charge < -0.3 is 4.43 Å². The van der Waals surface area contributed by atoms with Crippen molar-refractivity contribution in [2.24, 2.45) is 58.2 Å². The van der Waals surface area contributed by atoms with Gasteiger partial charge in [-0.05, 0) is 142 Å². The van der Waals surface area contributed by atoms with E-state index in [0.717, 1.165) is 47.3 Å². The minimum Gasteiger partial charge on any atom is -0.415 e. The third kappa shape index (κ3) is 5.12. The Kier molecular flexibility index (Phi) is 8.12. The van der Waals surface area contributed by atoms with Gasteiger partial charge >= 0.3 is 0 Å². The molecule has 4 fully saturated rings. The molecule has 0 aliphatic heterocycles. The molecule has 1 nitrogen and oxygen atoms in total. The summed E-state index contributed by atoms with van der Waals surface area (Å²) in [6.07, 6.45) is 18.1. The molecule has 4 aliphatic carbocycles. The molecule has 4 rings (SSSR count). The van der Waals surface area contributed by atoms with E-state index in [1.165, 1.54) is 77.0 Å². The monoisotopic (exact) mass is 488 g/mol. The predicted octanol–water partition coefficient (Wildman–Crippen LogP) is 9.96. The summed E-state index contributed by atoms with van der Waals surface area (Å²) in [6, 6.07) is 0. The molecule has 0 saturated heterocycles. The molecule has 198 valence electrons. The molecule has 0 N–H and O–H groups in total. The fraction of sp³-hybridized carbons (Fsp3) is 1.00. The van der Waals surface area contributed by atoms with Gasteiger partial charge in [0.1, 0.15) is 0 Å². The first-order chi connectivity index (χ1) is 15.9. The third-order valence-corrected chi connectivity index (χ3v) is 13.4. The minimum atomic E-state index is -1.43. The van der Waals surface area contributed by atoms with Gasteiger partial charge in [-0.2, -0.15) is 0 Å². The number of fused-ring (bicyclic) bond motifs is 5. The predicted molar refractivity (Wildman–Crippen MR) is 150 cm³/mol. The molecule has 0 spiro atoms. The van der Waals surface area contributed by atoms with Gasteiger partial charge in [-0.3, -0.25) is 0 Å². The highest BCUT2D eigenvalue weighted by Crippen LogP contribution is 2.68. The SMILES string of the molecule is CCC(CCC(C)C1CCC2C3CCC4CC(O[Si](C)(C)C)CCC4(C)C3CCC12C)C(C)C. The Bertz CT molecular complexity index is 681. The molecule has 0 aromatic rings. The van der Waals surface area contributed by atoms with E-state index in [1.807, 2.05) is 0 Å². The van der Waals surface area contributed by atoms with Crippen LogP contribution in [0.3, 0.4) is 0 Å². The lowest BCUT2D eigenvalue weighted by atomic mass is 9.44. The van der Waals surface area contributed by atoms with Crippen LogP contribution in [0.4, 0.5) is 0 Å². The number of hydrogen-bond acceptors (Lipinski definition) is 1. The summed E-state index contributed by atoms with van der Waals surface area (Å²) in [5, 5.41) is 0. The van der Waals surface area contributed by atoms with Crippen molar-refractivity contribution in [2.45, 2.75) is 144 Å². The van der Waals surface area contributed by atoms with Gasteiger partial charge in [0.25, 0.3) is 0 Å². The zero-order chi connectivity index (χ0) is 24.9. The fourth-order valence-electron chi connectivity index (χ4n) is 10.5. The Balaban J connectivity index is 1.42. The molecule has 2 heteroatoms. The van der Waals surface area contributed by atoms with Crippen LogP contribution in [-0.2, 0) is 4.43 Å². The standard InChI is InChI=1S/C32H60OSi/c1-10-24(22(2)3)12-11-23(4)28-15-16-29-27-14-13-25-21-26(33-34(7,8)9)17-19-31(25,5)30(27)18-20-32(28,29)6/h22-30H,10-21H2,1-9H3. The summed E-state index contributed by atoms with van der Waals surface area (Å²) >= 11 is 0. The first kappa shape index (κ1) is 27.2. The molecule has 0 aromatic heterocycles. The van der Waals surface area contributed by atoms with Gasteiger partial charge in [-0.25, -0.2) is 0 Å². The molecule has 4 aliphatic rings. The minimum absolute atomic E-state index is 0.560. The van der Waals surface area contributed by atoms with Crippen molar-refractivity contribution >= 4 is 8.32 Å².